The summed E-state index contributed by atoms with van der Waals surface area (Å²) in [6.07, 6.45) is 4.90. The van der Waals surface area contributed by atoms with E-state index in [1.807, 2.05) is 37.3 Å². The lowest BCUT2D eigenvalue weighted by Crippen LogP contribution is -2.05. The molecule has 2 aromatic heterocycles. The van der Waals surface area contributed by atoms with E-state index in [-0.39, 0.29) is 0 Å². The van der Waals surface area contributed by atoms with Crippen LogP contribution in [0.15, 0.2) is 40.4 Å². The van der Waals surface area contributed by atoms with E-state index in [9.17, 15) is 4.79 Å². The van der Waals surface area contributed by atoms with Crippen LogP contribution >= 0.6 is 11.8 Å². The Kier molecular flexibility index (Phi) is 4.79. The van der Waals surface area contributed by atoms with Crippen LogP contribution in [0.25, 0.3) is 0 Å². The van der Waals surface area contributed by atoms with Gasteiger partial charge in [-0.05, 0) is 62.1 Å². The Balaban J connectivity index is 1.32. The predicted molar refractivity (Wildman–Crippen MR) is 110 cm³/mol. The minimum absolute atomic E-state index is 0.305. The van der Waals surface area contributed by atoms with Crippen molar-refractivity contribution in [1.82, 2.24) is 25.1 Å². The Hall–Kier alpha value is -2.74. The molecular weight excluding hydrogens is 384 g/mol. The van der Waals surface area contributed by atoms with Gasteiger partial charge in [-0.25, -0.2) is 4.98 Å². The van der Waals surface area contributed by atoms with Crippen molar-refractivity contribution < 1.29 is 4.79 Å². The van der Waals surface area contributed by atoms with Crippen molar-refractivity contribution in [2.45, 2.75) is 55.0 Å². The molecule has 0 spiro atoms. The Morgan fingerprint density at radius 1 is 1.14 bits per heavy atom. The van der Waals surface area contributed by atoms with E-state index in [0.717, 1.165) is 47.7 Å². The largest absolute Gasteiger partial charge is 0.307 e. The summed E-state index contributed by atoms with van der Waals surface area (Å²) in [7, 11) is 0. The van der Waals surface area contributed by atoms with E-state index in [0.29, 0.717) is 41.0 Å². The number of anilines is 2. The van der Waals surface area contributed by atoms with Crippen LogP contribution in [0.3, 0.4) is 0 Å². The first-order valence-electron chi connectivity index (χ1n) is 9.97. The van der Waals surface area contributed by atoms with Crippen molar-refractivity contribution >= 4 is 29.3 Å². The number of aromatic nitrogens is 5. The number of hydrogen-bond acceptors (Lipinski definition) is 7. The van der Waals surface area contributed by atoms with Crippen molar-refractivity contribution in [1.29, 1.82) is 0 Å². The molecule has 0 saturated heterocycles. The van der Waals surface area contributed by atoms with Crippen LogP contribution in [0.1, 0.15) is 48.7 Å². The number of rotatable bonds is 8. The zero-order chi connectivity index (χ0) is 19.8. The average Bonchev–Trinajstić information content (AvgIpc) is 3.61. The number of ketones is 1. The second kappa shape index (κ2) is 7.59. The number of Topliss-reactive ketones (excluding diaryl/α,β-unsaturated/α-hetero) is 1. The van der Waals surface area contributed by atoms with Crippen molar-refractivity contribution in [2.75, 3.05) is 5.32 Å². The highest BCUT2D eigenvalue weighted by Crippen LogP contribution is 2.39. The molecule has 2 heterocycles. The van der Waals surface area contributed by atoms with Gasteiger partial charge in [0.05, 0.1) is 0 Å². The second-order valence-corrected chi connectivity index (χ2v) is 8.84. The molecule has 2 aliphatic carbocycles. The Morgan fingerprint density at radius 2 is 1.93 bits per heavy atom. The topological polar surface area (TPSA) is 96.5 Å². The van der Waals surface area contributed by atoms with Crippen LogP contribution in [0.2, 0.25) is 0 Å². The molecule has 2 fully saturated rings. The molecule has 0 unspecified atom stereocenters. The molecule has 3 aromatic rings. The van der Waals surface area contributed by atoms with E-state index < -0.39 is 0 Å². The fraction of sp³-hybridized carbons (Fsp3) is 0.381. The summed E-state index contributed by atoms with van der Waals surface area (Å²) >= 11 is 1.51. The molecule has 29 heavy (non-hydrogen) atoms. The lowest BCUT2D eigenvalue weighted by molar-refractivity contribution is -0.119. The molecule has 5 rings (SSSR count). The van der Waals surface area contributed by atoms with Crippen molar-refractivity contribution in [2.24, 2.45) is 5.92 Å². The van der Waals surface area contributed by atoms with E-state index in [1.54, 1.807) is 0 Å². The number of hydrogen-bond donors (Lipinski definition) is 2. The maximum atomic E-state index is 12.0. The van der Waals surface area contributed by atoms with Gasteiger partial charge < -0.3 is 5.32 Å². The monoisotopic (exact) mass is 406 g/mol. The van der Waals surface area contributed by atoms with Crippen LogP contribution in [0.5, 0.6) is 0 Å². The van der Waals surface area contributed by atoms with Gasteiger partial charge in [0.15, 0.2) is 11.0 Å². The van der Waals surface area contributed by atoms with Gasteiger partial charge >= 0.3 is 0 Å². The summed E-state index contributed by atoms with van der Waals surface area (Å²) in [5.74, 6) is 3.14. The number of carbonyl (C=O) groups excluding carboxylic acids is 1. The second-order valence-electron chi connectivity index (χ2n) is 7.80. The maximum Gasteiger partial charge on any atom is 0.232 e. The Bertz CT molecular complexity index is 1040. The first-order valence-corrected chi connectivity index (χ1v) is 10.8. The van der Waals surface area contributed by atoms with Gasteiger partial charge in [0.25, 0.3) is 0 Å². The van der Waals surface area contributed by atoms with Crippen LogP contribution in [-0.2, 0) is 11.2 Å². The molecule has 7 nitrogen and oxygen atoms in total. The maximum absolute atomic E-state index is 12.0. The minimum atomic E-state index is 0.305. The third-order valence-electron chi connectivity index (χ3n) is 5.06. The molecule has 0 radical (unpaired) electrons. The number of nitrogens with one attached hydrogen (secondary N) is 2. The first-order chi connectivity index (χ1) is 14.1. The van der Waals surface area contributed by atoms with Crippen molar-refractivity contribution in [3.05, 3.63) is 47.4 Å². The van der Waals surface area contributed by atoms with E-state index >= 15 is 0 Å². The van der Waals surface area contributed by atoms with Crippen LogP contribution in [0, 0.1) is 12.8 Å². The number of H-pyrrole nitrogens is 1. The number of nitrogens with zero attached hydrogens (tertiary/aromatic N) is 4. The molecule has 8 heteroatoms. The van der Waals surface area contributed by atoms with Crippen LogP contribution < -0.4 is 5.32 Å². The minimum Gasteiger partial charge on any atom is -0.307 e. The first kappa shape index (κ1) is 18.3. The smallest absolute Gasteiger partial charge is 0.232 e. The van der Waals surface area contributed by atoms with Crippen LogP contribution in [-0.4, -0.2) is 30.9 Å². The SMILES string of the molecule is Cc1cc(Nc2nc(Sc3ccc(CC(=O)C4CC4)cc3)nc(C3CC3)n2)n[nH]1. The molecule has 2 N–H and O–H groups in total. The van der Waals surface area contributed by atoms with Gasteiger partial charge in [-0.3, -0.25) is 9.89 Å². The normalized spacial score (nSPS) is 16.0. The molecule has 0 amide bonds. The Morgan fingerprint density at radius 3 is 2.59 bits per heavy atom. The van der Waals surface area contributed by atoms with E-state index in [4.69, 9.17) is 0 Å². The highest BCUT2D eigenvalue weighted by atomic mass is 32.2. The lowest BCUT2D eigenvalue weighted by Gasteiger charge is -2.07. The third kappa shape index (κ3) is 4.64. The quantitative estimate of drug-likeness (QED) is 0.579. The zero-order valence-electron chi connectivity index (χ0n) is 16.2. The zero-order valence-corrected chi connectivity index (χ0v) is 17.0. The summed E-state index contributed by atoms with van der Waals surface area (Å²) in [4.78, 5) is 26.8. The van der Waals surface area contributed by atoms with Gasteiger partial charge in [-0.2, -0.15) is 15.1 Å². The van der Waals surface area contributed by atoms with Gasteiger partial charge in [-0.1, -0.05) is 12.1 Å². The predicted octanol–water partition coefficient (Wildman–Crippen LogP) is 4.20. The summed E-state index contributed by atoms with van der Waals surface area (Å²) < 4.78 is 0. The number of aromatic amines is 1. The third-order valence-corrected chi connectivity index (χ3v) is 5.94. The highest BCUT2D eigenvalue weighted by molar-refractivity contribution is 7.99. The van der Waals surface area contributed by atoms with Gasteiger partial charge in [0, 0.05) is 34.9 Å². The Labute approximate surface area is 173 Å². The summed E-state index contributed by atoms with van der Waals surface area (Å²) in [6, 6.07) is 10.0. The average molecular weight is 407 g/mol. The van der Waals surface area contributed by atoms with Crippen LogP contribution in [0.4, 0.5) is 11.8 Å². The standard InChI is InChI=1S/C21H22N6OS/c1-12-10-18(27-26-12)22-20-23-19(15-6-7-15)24-21(25-20)29-16-8-2-13(3-9-16)11-17(28)14-4-5-14/h2-3,8-10,14-15H,4-7,11H2,1H3,(H2,22,23,24,25,26,27). The molecule has 148 valence electrons. The van der Waals surface area contributed by atoms with E-state index in [2.05, 4.69) is 30.5 Å². The van der Waals surface area contributed by atoms with E-state index in [1.165, 1.54) is 11.8 Å². The number of aryl methyl sites for hydroxylation is 1. The molecule has 0 bridgehead atoms. The number of benzene rings is 1. The van der Waals surface area contributed by atoms with Gasteiger partial charge in [0.2, 0.25) is 5.95 Å². The van der Waals surface area contributed by atoms with Crippen molar-refractivity contribution in [3.8, 4) is 0 Å². The molecule has 1 aromatic carbocycles. The van der Waals surface area contributed by atoms with Gasteiger partial charge in [-0.15, -0.1) is 0 Å². The summed E-state index contributed by atoms with van der Waals surface area (Å²) in [6.45, 7) is 1.95. The summed E-state index contributed by atoms with van der Waals surface area (Å²) in [5, 5.41) is 10.9. The fourth-order valence-electron chi connectivity index (χ4n) is 3.13. The molecular formula is C21H22N6OS. The molecule has 2 saturated carbocycles. The van der Waals surface area contributed by atoms with Gasteiger partial charge in [0.1, 0.15) is 11.6 Å². The highest BCUT2D eigenvalue weighted by Gasteiger charge is 2.29. The molecule has 0 atom stereocenters. The lowest BCUT2D eigenvalue weighted by atomic mass is 10.1. The number of carbonyl (C=O) groups is 1. The molecule has 0 aliphatic heterocycles. The molecule has 2 aliphatic rings. The fourth-order valence-corrected chi connectivity index (χ4v) is 3.88. The summed E-state index contributed by atoms with van der Waals surface area (Å²) in [5.41, 5.74) is 2.04. The van der Waals surface area contributed by atoms with Crippen molar-refractivity contribution in [3.63, 3.8) is 0 Å².